The molecule has 0 aliphatic heterocycles. The molecule has 0 aromatic carbocycles. The molecular formula is C10H15NO2. The zero-order chi connectivity index (χ0) is 9.84. The van der Waals surface area contributed by atoms with E-state index in [4.69, 9.17) is 9.47 Å². The molecule has 1 heterocycles. The van der Waals surface area contributed by atoms with Crippen molar-refractivity contribution in [2.45, 2.75) is 20.5 Å². The minimum atomic E-state index is 0.530. The minimum Gasteiger partial charge on any atom is -0.496 e. The minimum absolute atomic E-state index is 0.530. The summed E-state index contributed by atoms with van der Waals surface area (Å²) in [5, 5.41) is 0. The van der Waals surface area contributed by atoms with Crippen LogP contribution in [-0.4, -0.2) is 19.2 Å². The second-order valence-electron chi connectivity index (χ2n) is 2.98. The summed E-state index contributed by atoms with van der Waals surface area (Å²) < 4.78 is 10.3. The molecule has 3 heteroatoms. The van der Waals surface area contributed by atoms with Gasteiger partial charge in [0.15, 0.2) is 0 Å². The first-order valence-corrected chi connectivity index (χ1v) is 4.18. The van der Waals surface area contributed by atoms with Gasteiger partial charge >= 0.3 is 0 Å². The van der Waals surface area contributed by atoms with E-state index in [0.717, 1.165) is 22.6 Å². The van der Waals surface area contributed by atoms with Gasteiger partial charge in [-0.05, 0) is 13.8 Å². The molecule has 0 unspecified atom stereocenters. The molecule has 0 saturated carbocycles. The summed E-state index contributed by atoms with van der Waals surface area (Å²) in [5.74, 6) is 0.905. The van der Waals surface area contributed by atoms with Crippen LogP contribution in [0.5, 0.6) is 5.75 Å². The van der Waals surface area contributed by atoms with Crippen molar-refractivity contribution in [2.75, 3.05) is 14.2 Å². The second kappa shape index (κ2) is 4.23. The lowest BCUT2D eigenvalue weighted by Crippen LogP contribution is -2.00. The summed E-state index contributed by atoms with van der Waals surface area (Å²) >= 11 is 0. The van der Waals surface area contributed by atoms with E-state index in [1.165, 1.54) is 0 Å². The highest BCUT2D eigenvalue weighted by Gasteiger charge is 2.08. The van der Waals surface area contributed by atoms with Crippen LogP contribution in [0.15, 0.2) is 6.20 Å². The van der Waals surface area contributed by atoms with E-state index in [1.807, 2.05) is 13.8 Å². The lowest BCUT2D eigenvalue weighted by molar-refractivity contribution is 0.180. The van der Waals surface area contributed by atoms with Crippen LogP contribution < -0.4 is 4.74 Å². The van der Waals surface area contributed by atoms with Gasteiger partial charge in [-0.15, -0.1) is 0 Å². The summed E-state index contributed by atoms with van der Waals surface area (Å²) in [5.41, 5.74) is 3.05. The highest BCUT2D eigenvalue weighted by Crippen LogP contribution is 2.23. The summed E-state index contributed by atoms with van der Waals surface area (Å²) in [7, 11) is 3.33. The highest BCUT2D eigenvalue weighted by atomic mass is 16.5. The smallest absolute Gasteiger partial charge is 0.128 e. The van der Waals surface area contributed by atoms with Crippen LogP contribution in [0.1, 0.15) is 16.8 Å². The van der Waals surface area contributed by atoms with Gasteiger partial charge in [-0.2, -0.15) is 0 Å². The van der Waals surface area contributed by atoms with Crippen LogP contribution in [0.4, 0.5) is 0 Å². The molecule has 0 spiro atoms. The third-order valence-electron chi connectivity index (χ3n) is 2.03. The Morgan fingerprint density at radius 3 is 2.54 bits per heavy atom. The van der Waals surface area contributed by atoms with E-state index < -0.39 is 0 Å². The van der Waals surface area contributed by atoms with Gasteiger partial charge in [0.05, 0.1) is 19.4 Å². The van der Waals surface area contributed by atoms with Crippen LogP contribution >= 0.6 is 0 Å². The molecule has 0 fully saturated rings. The Hall–Kier alpha value is -1.09. The van der Waals surface area contributed by atoms with Gasteiger partial charge in [0, 0.05) is 24.4 Å². The molecule has 1 aromatic heterocycles. The number of aromatic nitrogens is 1. The number of ether oxygens (including phenoxy) is 2. The predicted octanol–water partition coefficient (Wildman–Crippen LogP) is 1.85. The lowest BCUT2D eigenvalue weighted by Gasteiger charge is -2.11. The topological polar surface area (TPSA) is 31.4 Å². The normalized spacial score (nSPS) is 10.2. The Bertz CT molecular complexity index is 297. The fraction of sp³-hybridized carbons (Fsp3) is 0.500. The van der Waals surface area contributed by atoms with Crippen molar-refractivity contribution in [3.8, 4) is 5.75 Å². The molecule has 1 aromatic rings. The summed E-state index contributed by atoms with van der Waals surface area (Å²) in [6.45, 7) is 4.51. The van der Waals surface area contributed by atoms with Gasteiger partial charge in [0.1, 0.15) is 5.75 Å². The summed E-state index contributed by atoms with van der Waals surface area (Å²) in [6.07, 6.45) is 1.81. The van der Waals surface area contributed by atoms with E-state index >= 15 is 0 Å². The van der Waals surface area contributed by atoms with E-state index in [9.17, 15) is 0 Å². The van der Waals surface area contributed by atoms with Crippen LogP contribution in [0, 0.1) is 13.8 Å². The molecule has 0 aliphatic rings. The van der Waals surface area contributed by atoms with Crippen LogP contribution in [0.3, 0.4) is 0 Å². The Kier molecular flexibility index (Phi) is 3.25. The molecule has 3 nitrogen and oxygen atoms in total. The van der Waals surface area contributed by atoms with Crippen molar-refractivity contribution in [2.24, 2.45) is 0 Å². The molecule has 0 amide bonds. The molecule has 13 heavy (non-hydrogen) atoms. The molecule has 0 saturated heterocycles. The number of aryl methyl sites for hydroxylation is 1. The number of hydrogen-bond acceptors (Lipinski definition) is 3. The van der Waals surface area contributed by atoms with E-state index in [1.54, 1.807) is 20.4 Å². The van der Waals surface area contributed by atoms with Crippen molar-refractivity contribution in [3.63, 3.8) is 0 Å². The number of rotatable bonds is 3. The van der Waals surface area contributed by atoms with Crippen LogP contribution in [0.2, 0.25) is 0 Å². The Labute approximate surface area is 78.7 Å². The van der Waals surface area contributed by atoms with Gasteiger partial charge in [-0.1, -0.05) is 0 Å². The summed E-state index contributed by atoms with van der Waals surface area (Å²) in [6, 6.07) is 0. The molecule has 1 rings (SSSR count). The van der Waals surface area contributed by atoms with Crippen molar-refractivity contribution >= 4 is 0 Å². The standard InChI is InChI=1S/C10H15NO2/c1-7-5-11-9(6-12-3)8(2)10(7)13-4/h5H,6H2,1-4H3. The molecule has 0 radical (unpaired) electrons. The second-order valence-corrected chi connectivity index (χ2v) is 2.98. The Morgan fingerprint density at radius 1 is 1.31 bits per heavy atom. The van der Waals surface area contributed by atoms with Gasteiger partial charge in [-0.25, -0.2) is 0 Å². The monoisotopic (exact) mass is 181 g/mol. The van der Waals surface area contributed by atoms with Crippen molar-refractivity contribution in [3.05, 3.63) is 23.0 Å². The molecular weight excluding hydrogens is 166 g/mol. The van der Waals surface area contributed by atoms with E-state index in [0.29, 0.717) is 6.61 Å². The molecule has 0 N–H and O–H groups in total. The third kappa shape index (κ3) is 1.98. The van der Waals surface area contributed by atoms with Crippen LogP contribution in [0.25, 0.3) is 0 Å². The van der Waals surface area contributed by atoms with E-state index in [-0.39, 0.29) is 0 Å². The number of nitrogens with zero attached hydrogens (tertiary/aromatic N) is 1. The maximum absolute atomic E-state index is 5.27. The molecule has 0 bridgehead atoms. The fourth-order valence-electron chi connectivity index (χ4n) is 1.35. The zero-order valence-electron chi connectivity index (χ0n) is 8.55. The predicted molar refractivity (Wildman–Crippen MR) is 51.0 cm³/mol. The Morgan fingerprint density at radius 2 is 2.00 bits per heavy atom. The highest BCUT2D eigenvalue weighted by molar-refractivity contribution is 5.40. The number of methoxy groups -OCH3 is 2. The first-order chi connectivity index (χ1) is 6.20. The van der Waals surface area contributed by atoms with E-state index in [2.05, 4.69) is 4.98 Å². The van der Waals surface area contributed by atoms with Gasteiger partial charge in [0.25, 0.3) is 0 Å². The molecule has 72 valence electrons. The first-order valence-electron chi connectivity index (χ1n) is 4.18. The largest absolute Gasteiger partial charge is 0.496 e. The average Bonchev–Trinajstić information content (AvgIpc) is 2.11. The third-order valence-corrected chi connectivity index (χ3v) is 2.03. The molecule has 0 atom stereocenters. The quantitative estimate of drug-likeness (QED) is 0.713. The maximum Gasteiger partial charge on any atom is 0.128 e. The average molecular weight is 181 g/mol. The van der Waals surface area contributed by atoms with Crippen molar-refractivity contribution in [1.29, 1.82) is 0 Å². The number of pyridine rings is 1. The number of hydrogen-bond donors (Lipinski definition) is 0. The van der Waals surface area contributed by atoms with Gasteiger partial charge in [-0.3, -0.25) is 4.98 Å². The summed E-state index contributed by atoms with van der Waals surface area (Å²) in [4.78, 5) is 4.27. The van der Waals surface area contributed by atoms with Crippen molar-refractivity contribution in [1.82, 2.24) is 4.98 Å². The SMILES string of the molecule is COCc1ncc(C)c(OC)c1C. The Balaban J connectivity index is 3.11. The fourth-order valence-corrected chi connectivity index (χ4v) is 1.35. The lowest BCUT2D eigenvalue weighted by atomic mass is 10.1. The van der Waals surface area contributed by atoms with Gasteiger partial charge in [0.2, 0.25) is 0 Å². The molecule has 0 aliphatic carbocycles. The van der Waals surface area contributed by atoms with Gasteiger partial charge < -0.3 is 9.47 Å². The van der Waals surface area contributed by atoms with Crippen LogP contribution in [-0.2, 0) is 11.3 Å². The maximum atomic E-state index is 5.27. The zero-order valence-corrected chi connectivity index (χ0v) is 8.55. The van der Waals surface area contributed by atoms with Crippen molar-refractivity contribution < 1.29 is 9.47 Å². The first kappa shape index (κ1) is 9.99.